The summed E-state index contributed by atoms with van der Waals surface area (Å²) in [6.45, 7) is 4.92. The third kappa shape index (κ3) is 4.29. The SMILES string of the molecule is CCc1nc2c(C)cc(C3=NNC(=O)CC3)cc2n1Cc1ccc(-c2ccccc2-c2nnn[nH]2)cc1. The molecule has 0 aliphatic carbocycles. The van der Waals surface area contributed by atoms with Gasteiger partial charge < -0.3 is 4.57 Å². The molecule has 0 radical (unpaired) electrons. The van der Waals surface area contributed by atoms with Gasteiger partial charge in [-0.05, 0) is 51.7 Å². The number of amides is 1. The maximum Gasteiger partial charge on any atom is 0.240 e. The van der Waals surface area contributed by atoms with Crippen molar-refractivity contribution in [2.24, 2.45) is 5.10 Å². The highest BCUT2D eigenvalue weighted by Gasteiger charge is 2.18. The number of aromatic amines is 1. The third-order valence-corrected chi connectivity index (χ3v) is 6.81. The summed E-state index contributed by atoms with van der Waals surface area (Å²) in [5.41, 5.74) is 12.0. The summed E-state index contributed by atoms with van der Waals surface area (Å²) >= 11 is 0. The summed E-state index contributed by atoms with van der Waals surface area (Å²) in [4.78, 5) is 16.5. The number of tetrazole rings is 1. The molecule has 2 N–H and O–H groups in total. The second kappa shape index (κ2) is 9.42. The van der Waals surface area contributed by atoms with Crippen LogP contribution in [-0.2, 0) is 17.8 Å². The molecule has 1 aliphatic rings. The standard InChI is InChI=1S/C28H26N8O/c1-3-25-29-27-17(2)14-20(23-12-13-26(37)31-30-23)15-24(27)36(25)16-18-8-10-19(11-9-18)21-6-4-5-7-22(21)28-32-34-35-33-28/h4-11,14-15H,3,12-13,16H2,1-2H3,(H,31,37)(H,32,33,34,35). The molecule has 3 aromatic carbocycles. The fraction of sp³-hybridized carbons (Fsp3) is 0.214. The summed E-state index contributed by atoms with van der Waals surface area (Å²) < 4.78 is 2.29. The first-order valence-electron chi connectivity index (χ1n) is 12.4. The average Bonchev–Trinajstić information content (AvgIpc) is 3.59. The van der Waals surface area contributed by atoms with E-state index in [4.69, 9.17) is 4.98 Å². The Morgan fingerprint density at radius 3 is 2.49 bits per heavy atom. The number of imidazole rings is 1. The van der Waals surface area contributed by atoms with E-state index in [0.29, 0.717) is 25.2 Å². The number of nitrogens with zero attached hydrogens (tertiary/aromatic N) is 6. The smallest absolute Gasteiger partial charge is 0.240 e. The van der Waals surface area contributed by atoms with E-state index in [-0.39, 0.29) is 5.91 Å². The number of carbonyl (C=O) groups excluding carboxylic acids is 1. The van der Waals surface area contributed by atoms with Gasteiger partial charge in [0.05, 0.1) is 16.7 Å². The Labute approximate surface area is 213 Å². The lowest BCUT2D eigenvalue weighted by Gasteiger charge is -2.14. The number of hydrogen-bond donors (Lipinski definition) is 2. The van der Waals surface area contributed by atoms with Crippen LogP contribution in [-0.4, -0.2) is 41.8 Å². The molecule has 0 fully saturated rings. The van der Waals surface area contributed by atoms with E-state index >= 15 is 0 Å². The molecule has 0 saturated carbocycles. The number of hydrazone groups is 1. The average molecular weight is 491 g/mol. The van der Waals surface area contributed by atoms with E-state index in [0.717, 1.165) is 56.8 Å². The fourth-order valence-corrected chi connectivity index (χ4v) is 4.92. The molecule has 37 heavy (non-hydrogen) atoms. The van der Waals surface area contributed by atoms with Gasteiger partial charge in [0.1, 0.15) is 5.82 Å². The monoisotopic (exact) mass is 490 g/mol. The van der Waals surface area contributed by atoms with E-state index in [1.807, 2.05) is 18.2 Å². The van der Waals surface area contributed by atoms with Crippen molar-refractivity contribution in [1.29, 1.82) is 0 Å². The largest absolute Gasteiger partial charge is 0.323 e. The molecule has 6 rings (SSSR count). The van der Waals surface area contributed by atoms with E-state index in [2.05, 4.69) is 92.0 Å². The van der Waals surface area contributed by atoms with Crippen molar-refractivity contribution in [1.82, 2.24) is 35.6 Å². The normalized spacial score (nSPS) is 13.6. The van der Waals surface area contributed by atoms with Crippen molar-refractivity contribution >= 4 is 22.7 Å². The second-order valence-corrected chi connectivity index (χ2v) is 9.21. The van der Waals surface area contributed by atoms with Crippen molar-refractivity contribution < 1.29 is 4.79 Å². The number of carbonyl (C=O) groups is 1. The Kier molecular flexibility index (Phi) is 5.80. The number of rotatable bonds is 6. The first kappa shape index (κ1) is 22.8. The van der Waals surface area contributed by atoms with E-state index in [1.165, 1.54) is 5.56 Å². The third-order valence-electron chi connectivity index (χ3n) is 6.81. The van der Waals surface area contributed by atoms with E-state index < -0.39 is 0 Å². The van der Waals surface area contributed by atoms with Crippen LogP contribution in [0.2, 0.25) is 0 Å². The highest BCUT2D eigenvalue weighted by Crippen LogP contribution is 2.30. The van der Waals surface area contributed by atoms with Gasteiger partial charge in [-0.3, -0.25) is 4.79 Å². The molecule has 1 amide bonds. The van der Waals surface area contributed by atoms with Crippen LogP contribution < -0.4 is 5.43 Å². The first-order valence-corrected chi connectivity index (χ1v) is 12.4. The lowest BCUT2D eigenvalue weighted by molar-refractivity contribution is -0.121. The molecule has 0 atom stereocenters. The van der Waals surface area contributed by atoms with Crippen LogP contribution in [0.5, 0.6) is 0 Å². The van der Waals surface area contributed by atoms with Gasteiger partial charge >= 0.3 is 0 Å². The minimum Gasteiger partial charge on any atom is -0.323 e. The zero-order chi connectivity index (χ0) is 25.4. The van der Waals surface area contributed by atoms with Crippen LogP contribution in [0.1, 0.15) is 42.3 Å². The zero-order valence-corrected chi connectivity index (χ0v) is 20.7. The van der Waals surface area contributed by atoms with Gasteiger partial charge in [-0.25, -0.2) is 15.5 Å². The maximum atomic E-state index is 11.6. The molecule has 0 unspecified atom stereocenters. The second-order valence-electron chi connectivity index (χ2n) is 9.21. The van der Waals surface area contributed by atoms with Crippen molar-refractivity contribution in [3.8, 4) is 22.5 Å². The quantitative estimate of drug-likeness (QED) is 0.366. The lowest BCUT2D eigenvalue weighted by Crippen LogP contribution is -2.25. The molecule has 9 heteroatoms. The highest BCUT2D eigenvalue weighted by molar-refractivity contribution is 6.06. The lowest BCUT2D eigenvalue weighted by atomic mass is 9.98. The summed E-state index contributed by atoms with van der Waals surface area (Å²) in [5.74, 6) is 1.65. The molecule has 9 nitrogen and oxygen atoms in total. The summed E-state index contributed by atoms with van der Waals surface area (Å²) in [6.07, 6.45) is 1.92. The molecule has 2 aromatic heterocycles. The van der Waals surface area contributed by atoms with Gasteiger partial charge in [0.25, 0.3) is 0 Å². The minimum atomic E-state index is -0.0385. The topological polar surface area (TPSA) is 114 Å². The zero-order valence-electron chi connectivity index (χ0n) is 20.7. The predicted molar refractivity (Wildman–Crippen MR) is 142 cm³/mol. The van der Waals surface area contributed by atoms with E-state index in [1.54, 1.807) is 0 Å². The molecule has 0 spiro atoms. The van der Waals surface area contributed by atoms with Gasteiger partial charge in [0.2, 0.25) is 5.91 Å². The number of H-pyrrole nitrogens is 1. The van der Waals surface area contributed by atoms with Crippen LogP contribution >= 0.6 is 0 Å². The van der Waals surface area contributed by atoms with Gasteiger partial charge in [-0.2, -0.15) is 5.10 Å². The maximum absolute atomic E-state index is 11.6. The number of nitrogens with one attached hydrogen (secondary N) is 2. The van der Waals surface area contributed by atoms with Crippen LogP contribution in [0.25, 0.3) is 33.5 Å². The van der Waals surface area contributed by atoms with Gasteiger partial charge in [-0.15, -0.1) is 5.10 Å². The summed E-state index contributed by atoms with van der Waals surface area (Å²) in [7, 11) is 0. The van der Waals surface area contributed by atoms with Crippen LogP contribution in [0.15, 0.2) is 65.8 Å². The van der Waals surface area contributed by atoms with E-state index in [9.17, 15) is 4.79 Å². The number of aryl methyl sites for hydroxylation is 2. The van der Waals surface area contributed by atoms with Crippen LogP contribution in [0, 0.1) is 6.92 Å². The highest BCUT2D eigenvalue weighted by atomic mass is 16.2. The first-order chi connectivity index (χ1) is 18.1. The van der Waals surface area contributed by atoms with Crippen molar-refractivity contribution in [2.45, 2.75) is 39.7 Å². The Hall–Kier alpha value is -4.66. The van der Waals surface area contributed by atoms with Gasteiger partial charge in [0, 0.05) is 36.9 Å². The molecule has 0 saturated heterocycles. The number of fused-ring (bicyclic) bond motifs is 1. The summed E-state index contributed by atoms with van der Waals surface area (Å²) in [6, 6.07) is 21.0. The Balaban J connectivity index is 1.35. The molecule has 5 aromatic rings. The minimum absolute atomic E-state index is 0.0385. The van der Waals surface area contributed by atoms with Crippen LogP contribution in [0.3, 0.4) is 0 Å². The Morgan fingerprint density at radius 2 is 1.78 bits per heavy atom. The molecule has 1 aliphatic heterocycles. The summed E-state index contributed by atoms with van der Waals surface area (Å²) in [5, 5.41) is 18.7. The predicted octanol–water partition coefficient (Wildman–Crippen LogP) is 4.42. The molecule has 184 valence electrons. The van der Waals surface area contributed by atoms with Crippen LogP contribution in [0.4, 0.5) is 0 Å². The van der Waals surface area contributed by atoms with Gasteiger partial charge in [-0.1, -0.05) is 55.5 Å². The van der Waals surface area contributed by atoms with Crippen molar-refractivity contribution in [2.75, 3.05) is 0 Å². The number of benzene rings is 3. The molecular formula is C28H26N8O. The van der Waals surface area contributed by atoms with Crippen molar-refractivity contribution in [3.63, 3.8) is 0 Å². The Bertz CT molecular complexity index is 1630. The molecule has 3 heterocycles. The molecular weight excluding hydrogens is 464 g/mol. The Morgan fingerprint density at radius 1 is 0.973 bits per heavy atom. The van der Waals surface area contributed by atoms with Crippen molar-refractivity contribution in [3.05, 3.63) is 83.2 Å². The number of aromatic nitrogens is 6. The number of hydrogen-bond acceptors (Lipinski definition) is 6. The van der Waals surface area contributed by atoms with Gasteiger partial charge in [0.15, 0.2) is 5.82 Å². The molecule has 0 bridgehead atoms. The fourth-order valence-electron chi connectivity index (χ4n) is 4.92.